The van der Waals surface area contributed by atoms with E-state index in [0.717, 1.165) is 31.4 Å². The number of carboxylic acids is 1. The largest absolute Gasteiger partial charge is 0.478 e. The average molecular weight is 292 g/mol. The van der Waals surface area contributed by atoms with Gasteiger partial charge in [0, 0.05) is 12.2 Å². The fourth-order valence-corrected chi connectivity index (χ4v) is 2.80. The summed E-state index contributed by atoms with van der Waals surface area (Å²) in [5, 5.41) is 22.9. The molecule has 1 aliphatic rings. The molecule has 0 amide bonds. The second-order valence-corrected chi connectivity index (χ2v) is 5.88. The van der Waals surface area contributed by atoms with E-state index in [-0.39, 0.29) is 5.56 Å². The number of rotatable bonds is 5. The summed E-state index contributed by atoms with van der Waals surface area (Å²) in [5.41, 5.74) is 0.270. The summed E-state index contributed by atoms with van der Waals surface area (Å²) in [4.78, 5) is 15.5. The van der Waals surface area contributed by atoms with Crippen molar-refractivity contribution in [2.75, 3.05) is 11.9 Å². The highest BCUT2D eigenvalue weighted by Gasteiger charge is 2.27. The van der Waals surface area contributed by atoms with Crippen molar-refractivity contribution in [3.05, 3.63) is 23.4 Å². The Kier molecular flexibility index (Phi) is 5.17. The van der Waals surface area contributed by atoms with Gasteiger partial charge in [0.05, 0.1) is 11.2 Å². The van der Waals surface area contributed by atoms with Gasteiger partial charge in [-0.25, -0.2) is 9.78 Å². The Morgan fingerprint density at radius 1 is 1.29 bits per heavy atom. The van der Waals surface area contributed by atoms with Gasteiger partial charge in [-0.15, -0.1) is 0 Å². The third-order valence-electron chi connectivity index (χ3n) is 4.12. The van der Waals surface area contributed by atoms with Crippen LogP contribution in [0, 0.1) is 0 Å². The Hall–Kier alpha value is -1.62. The molecule has 1 fully saturated rings. The van der Waals surface area contributed by atoms with Gasteiger partial charge in [0.25, 0.3) is 0 Å². The second kappa shape index (κ2) is 6.89. The van der Waals surface area contributed by atoms with Crippen molar-refractivity contribution in [2.24, 2.45) is 0 Å². The lowest BCUT2D eigenvalue weighted by atomic mass is 9.94. The van der Waals surface area contributed by atoms with E-state index >= 15 is 0 Å². The molecule has 1 saturated carbocycles. The molecule has 0 unspecified atom stereocenters. The molecule has 0 atom stereocenters. The van der Waals surface area contributed by atoms with Crippen LogP contribution >= 0.6 is 0 Å². The summed E-state index contributed by atoms with van der Waals surface area (Å²) in [6.45, 7) is 2.36. The van der Waals surface area contributed by atoms with Crippen LogP contribution in [0.3, 0.4) is 0 Å². The average Bonchev–Trinajstić information content (AvgIpc) is 2.70. The maximum atomic E-state index is 11.1. The molecule has 5 heteroatoms. The molecule has 116 valence electrons. The van der Waals surface area contributed by atoms with Crippen molar-refractivity contribution in [3.63, 3.8) is 0 Å². The van der Waals surface area contributed by atoms with Gasteiger partial charge in [-0.1, -0.05) is 32.6 Å². The third-order valence-corrected chi connectivity index (χ3v) is 4.12. The Morgan fingerprint density at radius 2 is 1.95 bits per heavy atom. The maximum absolute atomic E-state index is 11.1. The number of hydrogen-bond donors (Lipinski definition) is 3. The van der Waals surface area contributed by atoms with E-state index in [2.05, 4.69) is 10.3 Å². The molecule has 2 rings (SSSR count). The summed E-state index contributed by atoms with van der Waals surface area (Å²) in [7, 11) is 0. The van der Waals surface area contributed by atoms with Gasteiger partial charge in [-0.05, 0) is 31.4 Å². The minimum Gasteiger partial charge on any atom is -0.478 e. The van der Waals surface area contributed by atoms with E-state index in [4.69, 9.17) is 5.11 Å². The number of aryl methyl sites for hydroxylation is 1. The predicted octanol–water partition coefficient (Wildman–Crippen LogP) is 2.84. The van der Waals surface area contributed by atoms with E-state index < -0.39 is 11.6 Å². The summed E-state index contributed by atoms with van der Waals surface area (Å²) < 4.78 is 0. The lowest BCUT2D eigenvalue weighted by molar-refractivity contribution is 0.0380. The molecule has 0 aliphatic heterocycles. The molecule has 3 N–H and O–H groups in total. The second-order valence-electron chi connectivity index (χ2n) is 5.88. The number of hydrogen-bond acceptors (Lipinski definition) is 4. The van der Waals surface area contributed by atoms with Gasteiger partial charge >= 0.3 is 5.97 Å². The molecular weight excluding hydrogens is 268 g/mol. The summed E-state index contributed by atoms with van der Waals surface area (Å²) in [5.74, 6) is -0.423. The van der Waals surface area contributed by atoms with Crippen LogP contribution in [0.2, 0.25) is 0 Å². The number of carbonyl (C=O) groups is 1. The summed E-state index contributed by atoms with van der Waals surface area (Å²) in [6, 6.07) is 3.12. The quantitative estimate of drug-likeness (QED) is 0.727. The summed E-state index contributed by atoms with van der Waals surface area (Å²) >= 11 is 0. The number of nitrogens with zero attached hydrogens (tertiary/aromatic N) is 1. The first-order chi connectivity index (χ1) is 10.0. The zero-order chi connectivity index (χ0) is 15.3. The van der Waals surface area contributed by atoms with Crippen molar-refractivity contribution in [1.29, 1.82) is 0 Å². The molecule has 1 aromatic heterocycles. The molecule has 0 spiro atoms. The number of carboxylic acid groups (broad SMARTS) is 1. The van der Waals surface area contributed by atoms with Gasteiger partial charge in [-0.2, -0.15) is 0 Å². The number of aliphatic hydroxyl groups is 1. The first-order valence-electron chi connectivity index (χ1n) is 7.73. The minimum absolute atomic E-state index is 0.234. The Morgan fingerprint density at radius 3 is 2.52 bits per heavy atom. The normalized spacial score (nSPS) is 18.0. The van der Waals surface area contributed by atoms with Crippen molar-refractivity contribution in [1.82, 2.24) is 4.98 Å². The lowest BCUT2D eigenvalue weighted by Crippen LogP contribution is -2.36. The number of pyridine rings is 1. The van der Waals surface area contributed by atoms with E-state index in [9.17, 15) is 9.90 Å². The number of anilines is 1. The van der Waals surface area contributed by atoms with E-state index in [1.54, 1.807) is 6.07 Å². The standard InChI is InChI=1S/C16H24N2O3/c1-2-13-9-12(15(19)20)10-14(18-13)17-11-16(21)7-5-3-4-6-8-16/h9-10,21H,2-8,11H2,1H3,(H,17,18)(H,19,20). The molecule has 0 radical (unpaired) electrons. The van der Waals surface area contributed by atoms with Gasteiger partial charge in [0.1, 0.15) is 5.82 Å². The van der Waals surface area contributed by atoms with Gasteiger partial charge in [0.2, 0.25) is 0 Å². The van der Waals surface area contributed by atoms with Crippen LogP contribution in [0.4, 0.5) is 5.82 Å². The molecule has 1 aromatic rings. The molecule has 0 aromatic carbocycles. The number of aromatic carboxylic acids is 1. The fraction of sp³-hybridized carbons (Fsp3) is 0.625. The number of nitrogens with one attached hydrogen (secondary N) is 1. The Balaban J connectivity index is 2.08. The van der Waals surface area contributed by atoms with Crippen LogP contribution in [-0.4, -0.2) is 33.3 Å². The monoisotopic (exact) mass is 292 g/mol. The smallest absolute Gasteiger partial charge is 0.335 e. The van der Waals surface area contributed by atoms with Crippen LogP contribution in [0.15, 0.2) is 12.1 Å². The van der Waals surface area contributed by atoms with E-state index in [1.807, 2.05) is 6.92 Å². The Labute approximate surface area is 125 Å². The van der Waals surface area contributed by atoms with Crippen molar-refractivity contribution in [2.45, 2.75) is 57.5 Å². The van der Waals surface area contributed by atoms with Crippen LogP contribution in [0.5, 0.6) is 0 Å². The van der Waals surface area contributed by atoms with Crippen LogP contribution < -0.4 is 5.32 Å². The Bertz CT molecular complexity index is 494. The number of aromatic nitrogens is 1. The highest BCUT2D eigenvalue weighted by Crippen LogP contribution is 2.27. The van der Waals surface area contributed by atoms with Crippen molar-refractivity contribution < 1.29 is 15.0 Å². The predicted molar refractivity (Wildman–Crippen MR) is 81.7 cm³/mol. The van der Waals surface area contributed by atoms with Gasteiger partial charge in [-0.3, -0.25) is 0 Å². The molecule has 1 aliphatic carbocycles. The highest BCUT2D eigenvalue weighted by atomic mass is 16.4. The molecular formula is C16H24N2O3. The topological polar surface area (TPSA) is 82.5 Å². The minimum atomic E-state index is -0.955. The first-order valence-corrected chi connectivity index (χ1v) is 7.73. The van der Waals surface area contributed by atoms with Gasteiger partial charge in [0.15, 0.2) is 0 Å². The molecule has 1 heterocycles. The third kappa shape index (κ3) is 4.43. The highest BCUT2D eigenvalue weighted by molar-refractivity contribution is 5.88. The van der Waals surface area contributed by atoms with E-state index in [0.29, 0.717) is 18.8 Å². The van der Waals surface area contributed by atoms with Crippen LogP contribution in [0.25, 0.3) is 0 Å². The van der Waals surface area contributed by atoms with Crippen LogP contribution in [-0.2, 0) is 6.42 Å². The fourth-order valence-electron chi connectivity index (χ4n) is 2.80. The molecule has 0 saturated heterocycles. The van der Waals surface area contributed by atoms with E-state index in [1.165, 1.54) is 18.9 Å². The first kappa shape index (κ1) is 15.8. The molecule has 0 bridgehead atoms. The van der Waals surface area contributed by atoms with Crippen molar-refractivity contribution in [3.8, 4) is 0 Å². The molecule has 5 nitrogen and oxygen atoms in total. The maximum Gasteiger partial charge on any atom is 0.335 e. The zero-order valence-corrected chi connectivity index (χ0v) is 12.6. The molecule has 21 heavy (non-hydrogen) atoms. The zero-order valence-electron chi connectivity index (χ0n) is 12.6. The van der Waals surface area contributed by atoms with Crippen LogP contribution in [0.1, 0.15) is 61.5 Å². The SMILES string of the molecule is CCc1cc(C(=O)O)cc(NCC2(O)CCCCCC2)n1. The van der Waals surface area contributed by atoms with Crippen molar-refractivity contribution >= 4 is 11.8 Å². The summed E-state index contributed by atoms with van der Waals surface area (Å²) in [6.07, 6.45) is 6.70. The lowest BCUT2D eigenvalue weighted by Gasteiger charge is -2.27. The van der Waals surface area contributed by atoms with Gasteiger partial charge < -0.3 is 15.5 Å².